The highest BCUT2D eigenvalue weighted by Gasteiger charge is 2.35. The van der Waals surface area contributed by atoms with Crippen molar-refractivity contribution in [2.45, 2.75) is 42.7 Å². The Hall–Kier alpha value is -1.22. The molecule has 2 atom stereocenters. The fourth-order valence-electron chi connectivity index (χ4n) is 2.83. The Morgan fingerprint density at radius 3 is 2.95 bits per heavy atom. The Morgan fingerprint density at radius 2 is 2.33 bits per heavy atom. The van der Waals surface area contributed by atoms with Gasteiger partial charge in [-0.05, 0) is 42.0 Å². The maximum atomic E-state index is 12.1. The Morgan fingerprint density at radius 1 is 1.57 bits per heavy atom. The summed E-state index contributed by atoms with van der Waals surface area (Å²) in [5, 5.41) is 0. The second-order valence-corrected chi connectivity index (χ2v) is 6.44. The molecule has 0 saturated carbocycles. The number of halogens is 1. The van der Waals surface area contributed by atoms with E-state index >= 15 is 0 Å². The summed E-state index contributed by atoms with van der Waals surface area (Å²) in [5.74, 6) is 2.94. The average Bonchev–Trinajstić information content (AvgIpc) is 2.51. The van der Waals surface area contributed by atoms with Gasteiger partial charge in [0, 0.05) is 6.04 Å². The number of benzene rings is 1. The maximum Gasteiger partial charge on any atom is 0.299 e. The van der Waals surface area contributed by atoms with Gasteiger partial charge in [-0.1, -0.05) is 48.4 Å². The van der Waals surface area contributed by atoms with Gasteiger partial charge in [-0.25, -0.2) is 0 Å². The van der Waals surface area contributed by atoms with Crippen molar-refractivity contribution in [1.82, 2.24) is 4.90 Å². The van der Waals surface area contributed by atoms with Crippen molar-refractivity contribution >= 4 is 28.5 Å². The predicted octanol–water partition coefficient (Wildman–Crippen LogP) is 3.71. The number of nitrogens with zero attached hydrogens (tertiary/aromatic N) is 1. The van der Waals surface area contributed by atoms with E-state index in [2.05, 4.69) is 41.5 Å². The number of ether oxygens (including phenoxy) is 1. The third-order valence-electron chi connectivity index (χ3n) is 3.95. The summed E-state index contributed by atoms with van der Waals surface area (Å²) < 4.78 is 5.30. The quantitative estimate of drug-likeness (QED) is 0.336. The minimum atomic E-state index is -0.211. The second kappa shape index (κ2) is 7.17. The van der Waals surface area contributed by atoms with E-state index in [0.29, 0.717) is 0 Å². The van der Waals surface area contributed by atoms with Crippen molar-refractivity contribution in [3.05, 3.63) is 29.3 Å². The number of methoxy groups -OCH3 is 1. The monoisotopic (exact) mass is 397 g/mol. The van der Waals surface area contributed by atoms with Crippen LogP contribution in [-0.4, -0.2) is 24.0 Å². The SMILES string of the molecule is C#CC(=O)N1[C@@H](CCCC)Cc2cc(OC)ccc2[C@@H]1I. The highest BCUT2D eigenvalue weighted by atomic mass is 127. The van der Waals surface area contributed by atoms with Crippen LogP contribution in [-0.2, 0) is 11.2 Å². The predicted molar refractivity (Wildman–Crippen MR) is 92.5 cm³/mol. The van der Waals surface area contributed by atoms with Gasteiger partial charge in [-0.15, -0.1) is 6.42 Å². The zero-order valence-corrected chi connectivity index (χ0v) is 14.6. The van der Waals surface area contributed by atoms with E-state index in [9.17, 15) is 4.79 Å². The zero-order chi connectivity index (χ0) is 15.4. The van der Waals surface area contributed by atoms with Gasteiger partial charge < -0.3 is 9.64 Å². The molecule has 1 aliphatic rings. The number of amides is 1. The standard InChI is InChI=1S/C17H20INO2/c1-4-6-7-13-10-12-11-14(21-3)8-9-15(12)17(18)19(13)16(20)5-2/h2,8-9,11,13,17H,4,6-7,10H2,1,3H3/t13-,17+/m0/s1. The summed E-state index contributed by atoms with van der Waals surface area (Å²) in [7, 11) is 1.68. The van der Waals surface area contributed by atoms with Crippen LogP contribution in [0, 0.1) is 12.3 Å². The second-order valence-electron chi connectivity index (χ2n) is 5.26. The maximum absolute atomic E-state index is 12.1. The summed E-state index contributed by atoms with van der Waals surface area (Å²) in [4.78, 5) is 14.0. The largest absolute Gasteiger partial charge is 0.497 e. The third kappa shape index (κ3) is 3.34. The molecule has 112 valence electrons. The van der Waals surface area contributed by atoms with Crippen LogP contribution < -0.4 is 4.74 Å². The van der Waals surface area contributed by atoms with Gasteiger partial charge in [-0.3, -0.25) is 4.79 Å². The molecule has 3 nitrogen and oxygen atoms in total. The number of alkyl halides is 1. The van der Waals surface area contributed by atoms with Crippen LogP contribution in [0.5, 0.6) is 5.75 Å². The molecule has 0 radical (unpaired) electrons. The van der Waals surface area contributed by atoms with Crippen molar-refractivity contribution in [2.75, 3.05) is 7.11 Å². The molecule has 0 saturated heterocycles. The lowest BCUT2D eigenvalue weighted by atomic mass is 9.91. The fraction of sp³-hybridized carbons (Fsp3) is 0.471. The molecule has 1 aromatic carbocycles. The Bertz CT molecular complexity index is 564. The van der Waals surface area contributed by atoms with E-state index in [4.69, 9.17) is 11.2 Å². The van der Waals surface area contributed by atoms with Gasteiger partial charge in [0.1, 0.15) is 9.80 Å². The number of fused-ring (bicyclic) bond motifs is 1. The van der Waals surface area contributed by atoms with Crippen molar-refractivity contribution in [3.63, 3.8) is 0 Å². The van der Waals surface area contributed by atoms with E-state index in [1.165, 1.54) is 5.56 Å². The molecular formula is C17H20INO2. The fourth-order valence-corrected chi connectivity index (χ4v) is 4.14. The Kier molecular flexibility index (Phi) is 5.51. The lowest BCUT2D eigenvalue weighted by Gasteiger charge is -2.40. The summed E-state index contributed by atoms with van der Waals surface area (Å²) in [5.41, 5.74) is 2.42. The number of carbonyl (C=O) groups is 1. The van der Waals surface area contributed by atoms with E-state index in [0.717, 1.165) is 37.0 Å². The van der Waals surface area contributed by atoms with Crippen LogP contribution in [0.2, 0.25) is 0 Å². The van der Waals surface area contributed by atoms with Gasteiger partial charge in [-0.2, -0.15) is 0 Å². The molecule has 1 aromatic rings. The first kappa shape index (κ1) is 16.2. The van der Waals surface area contributed by atoms with Crippen molar-refractivity contribution in [2.24, 2.45) is 0 Å². The average molecular weight is 397 g/mol. The molecule has 0 N–H and O–H groups in total. The number of rotatable bonds is 4. The zero-order valence-electron chi connectivity index (χ0n) is 12.4. The van der Waals surface area contributed by atoms with Crippen LogP contribution in [0.15, 0.2) is 18.2 Å². The molecule has 0 aliphatic carbocycles. The van der Waals surface area contributed by atoms with Crippen LogP contribution >= 0.6 is 22.6 Å². The minimum Gasteiger partial charge on any atom is -0.497 e. The van der Waals surface area contributed by atoms with Crippen molar-refractivity contribution in [3.8, 4) is 18.1 Å². The van der Waals surface area contributed by atoms with Crippen LogP contribution in [0.4, 0.5) is 0 Å². The van der Waals surface area contributed by atoms with Crippen LogP contribution in [0.3, 0.4) is 0 Å². The van der Waals surface area contributed by atoms with Gasteiger partial charge in [0.2, 0.25) is 0 Å². The molecule has 1 aliphatic heterocycles. The molecule has 0 bridgehead atoms. The van der Waals surface area contributed by atoms with Crippen molar-refractivity contribution < 1.29 is 9.53 Å². The van der Waals surface area contributed by atoms with Crippen molar-refractivity contribution in [1.29, 1.82) is 0 Å². The smallest absolute Gasteiger partial charge is 0.299 e. The van der Waals surface area contributed by atoms with E-state index in [1.807, 2.05) is 17.0 Å². The molecule has 4 heteroatoms. The summed E-state index contributed by atoms with van der Waals surface area (Å²) in [6.07, 6.45) is 9.41. The molecule has 1 amide bonds. The molecule has 0 unspecified atom stereocenters. The first-order valence-electron chi connectivity index (χ1n) is 7.22. The molecule has 21 heavy (non-hydrogen) atoms. The normalized spacial score (nSPS) is 20.6. The lowest BCUT2D eigenvalue weighted by Crippen LogP contribution is -2.45. The molecule has 1 heterocycles. The van der Waals surface area contributed by atoms with Crippen LogP contribution in [0.1, 0.15) is 41.4 Å². The van der Waals surface area contributed by atoms with Gasteiger partial charge in [0.25, 0.3) is 5.91 Å². The summed E-state index contributed by atoms with van der Waals surface area (Å²) >= 11 is 2.31. The van der Waals surface area contributed by atoms with E-state index in [1.54, 1.807) is 7.11 Å². The molecule has 0 fully saturated rings. The number of hydrogen-bond donors (Lipinski definition) is 0. The Labute approximate surface area is 140 Å². The van der Waals surface area contributed by atoms with Gasteiger partial charge >= 0.3 is 0 Å². The lowest BCUT2D eigenvalue weighted by molar-refractivity contribution is -0.128. The first-order chi connectivity index (χ1) is 10.1. The highest BCUT2D eigenvalue weighted by molar-refractivity contribution is 14.1. The minimum absolute atomic E-state index is 0.0114. The molecule has 0 spiro atoms. The van der Waals surface area contributed by atoms with E-state index in [-0.39, 0.29) is 16.0 Å². The first-order valence-corrected chi connectivity index (χ1v) is 8.46. The number of hydrogen-bond acceptors (Lipinski definition) is 2. The summed E-state index contributed by atoms with van der Waals surface area (Å²) in [6.45, 7) is 2.16. The summed E-state index contributed by atoms with van der Waals surface area (Å²) in [6, 6.07) is 6.24. The van der Waals surface area contributed by atoms with Gasteiger partial charge in [0.05, 0.1) is 7.11 Å². The number of unbranched alkanes of at least 4 members (excludes halogenated alkanes) is 1. The topological polar surface area (TPSA) is 29.5 Å². The van der Waals surface area contributed by atoms with E-state index < -0.39 is 0 Å². The molecule has 2 rings (SSSR count). The molecule has 0 aromatic heterocycles. The third-order valence-corrected chi connectivity index (χ3v) is 5.22. The molecular weight excluding hydrogens is 377 g/mol. The number of carbonyl (C=O) groups excluding carboxylic acids is 1. The van der Waals surface area contributed by atoms with Crippen LogP contribution in [0.25, 0.3) is 0 Å². The van der Waals surface area contributed by atoms with Gasteiger partial charge in [0.15, 0.2) is 0 Å². The number of terminal acetylenes is 1. The highest BCUT2D eigenvalue weighted by Crippen LogP contribution is 2.40. The Balaban J connectivity index is 2.37.